The van der Waals surface area contributed by atoms with Gasteiger partial charge < -0.3 is 9.47 Å². The second kappa shape index (κ2) is 9.29. The maximum Gasteiger partial charge on any atom is 0.254 e. The van der Waals surface area contributed by atoms with Gasteiger partial charge in [0.05, 0.1) is 6.54 Å². The van der Waals surface area contributed by atoms with E-state index in [1.807, 2.05) is 36.7 Å². The van der Waals surface area contributed by atoms with Crippen LogP contribution in [0.15, 0.2) is 60.9 Å². The average molecular weight is 402 g/mol. The minimum Gasteiger partial charge on any atom is -0.329 e. The molecule has 3 aromatic rings. The maximum atomic E-state index is 13.5. The molecule has 156 valence electrons. The number of hydrogen-bond donors (Lipinski definition) is 0. The predicted octanol–water partition coefficient (Wildman–Crippen LogP) is 5.52. The Kier molecular flexibility index (Phi) is 6.32. The Balaban J connectivity index is 1.59. The van der Waals surface area contributed by atoms with Gasteiger partial charge in [0.25, 0.3) is 5.91 Å². The Morgan fingerprint density at radius 1 is 1.03 bits per heavy atom. The van der Waals surface area contributed by atoms with E-state index in [4.69, 9.17) is 0 Å². The summed E-state index contributed by atoms with van der Waals surface area (Å²) in [5.74, 6) is 1.07. The van der Waals surface area contributed by atoms with Gasteiger partial charge in [0.2, 0.25) is 0 Å². The number of rotatable bonds is 6. The summed E-state index contributed by atoms with van der Waals surface area (Å²) in [6.07, 6.45) is 9.69. The third-order valence-corrected chi connectivity index (χ3v) is 6.29. The second-order valence-corrected chi connectivity index (χ2v) is 8.49. The average Bonchev–Trinajstić information content (AvgIpc) is 3.21. The van der Waals surface area contributed by atoms with E-state index in [1.165, 1.54) is 36.0 Å². The molecule has 1 saturated carbocycles. The van der Waals surface area contributed by atoms with Crippen LogP contribution in [0.1, 0.15) is 65.0 Å². The van der Waals surface area contributed by atoms with Gasteiger partial charge in [0, 0.05) is 30.5 Å². The molecule has 0 radical (unpaired) electrons. The number of benzene rings is 2. The van der Waals surface area contributed by atoms with Crippen LogP contribution in [0.3, 0.4) is 0 Å². The molecular weight excluding hydrogens is 370 g/mol. The normalized spacial score (nSPS) is 14.6. The van der Waals surface area contributed by atoms with Crippen molar-refractivity contribution in [1.82, 2.24) is 14.5 Å². The number of amides is 1. The zero-order valence-electron chi connectivity index (χ0n) is 18.1. The lowest BCUT2D eigenvalue weighted by Crippen LogP contribution is -2.41. The Bertz CT molecular complexity index is 984. The smallest absolute Gasteiger partial charge is 0.254 e. The lowest BCUT2D eigenvalue weighted by molar-refractivity contribution is 0.0605. The Labute approximate surface area is 179 Å². The Hall–Kier alpha value is -2.88. The van der Waals surface area contributed by atoms with Gasteiger partial charge in [-0.3, -0.25) is 4.79 Å². The van der Waals surface area contributed by atoms with E-state index in [0.29, 0.717) is 6.54 Å². The molecule has 0 atom stereocenters. The van der Waals surface area contributed by atoms with Crippen LogP contribution >= 0.6 is 0 Å². The summed E-state index contributed by atoms with van der Waals surface area (Å²) in [6.45, 7) is 5.52. The first-order valence-electron chi connectivity index (χ1n) is 11.0. The molecule has 4 heteroatoms. The molecule has 4 rings (SSSR count). The first-order chi connectivity index (χ1) is 14.6. The standard InChI is InChI=1S/C26H31N3O/c1-20-12-14-22(15-13-20)26(30)29(24-10-4-3-5-11-24)19-25-27-16-17-28(25)18-23-9-7-6-8-21(23)2/h6-9,12-17,24H,3-5,10-11,18-19H2,1-2H3. The van der Waals surface area contributed by atoms with Crippen LogP contribution in [-0.4, -0.2) is 26.4 Å². The van der Waals surface area contributed by atoms with E-state index >= 15 is 0 Å². The van der Waals surface area contributed by atoms with Gasteiger partial charge in [-0.25, -0.2) is 4.98 Å². The lowest BCUT2D eigenvalue weighted by atomic mass is 9.93. The van der Waals surface area contributed by atoms with Crippen LogP contribution in [0.4, 0.5) is 0 Å². The first kappa shape index (κ1) is 20.4. The molecule has 0 aliphatic heterocycles. The predicted molar refractivity (Wildman–Crippen MR) is 120 cm³/mol. The summed E-state index contributed by atoms with van der Waals surface area (Å²) in [4.78, 5) is 20.2. The molecule has 1 amide bonds. The summed E-state index contributed by atoms with van der Waals surface area (Å²) in [5, 5.41) is 0. The monoisotopic (exact) mass is 401 g/mol. The molecular formula is C26H31N3O. The summed E-state index contributed by atoms with van der Waals surface area (Å²) in [5.41, 5.74) is 4.50. The molecule has 1 aliphatic carbocycles. The molecule has 0 unspecified atom stereocenters. The van der Waals surface area contributed by atoms with Crippen molar-refractivity contribution < 1.29 is 4.79 Å². The van der Waals surface area contributed by atoms with Crippen molar-refractivity contribution in [3.63, 3.8) is 0 Å². The highest BCUT2D eigenvalue weighted by atomic mass is 16.2. The summed E-state index contributed by atoms with van der Waals surface area (Å²) in [6, 6.07) is 16.7. The fourth-order valence-electron chi connectivity index (χ4n) is 4.38. The van der Waals surface area contributed by atoms with Crippen molar-refractivity contribution in [1.29, 1.82) is 0 Å². The number of carbonyl (C=O) groups is 1. The van der Waals surface area contributed by atoms with E-state index in [9.17, 15) is 4.79 Å². The molecule has 0 bridgehead atoms. The Morgan fingerprint density at radius 2 is 1.77 bits per heavy atom. The van der Waals surface area contributed by atoms with E-state index < -0.39 is 0 Å². The minimum atomic E-state index is 0.118. The number of aromatic nitrogens is 2. The van der Waals surface area contributed by atoms with Crippen LogP contribution in [0, 0.1) is 13.8 Å². The second-order valence-electron chi connectivity index (χ2n) is 8.49. The number of nitrogens with zero attached hydrogens (tertiary/aromatic N) is 3. The van der Waals surface area contributed by atoms with Crippen molar-refractivity contribution in [2.24, 2.45) is 0 Å². The first-order valence-corrected chi connectivity index (χ1v) is 11.0. The third-order valence-electron chi connectivity index (χ3n) is 6.29. The fraction of sp³-hybridized carbons (Fsp3) is 0.385. The molecule has 4 nitrogen and oxygen atoms in total. The van der Waals surface area contributed by atoms with Crippen molar-refractivity contribution in [3.05, 3.63) is 89.0 Å². The molecule has 1 heterocycles. The molecule has 0 saturated heterocycles. The number of hydrogen-bond acceptors (Lipinski definition) is 2. The largest absolute Gasteiger partial charge is 0.329 e. The van der Waals surface area contributed by atoms with Crippen LogP contribution in [0.25, 0.3) is 0 Å². The van der Waals surface area contributed by atoms with Crippen molar-refractivity contribution >= 4 is 5.91 Å². The summed E-state index contributed by atoms with van der Waals surface area (Å²) < 4.78 is 2.18. The number of imidazole rings is 1. The lowest BCUT2D eigenvalue weighted by Gasteiger charge is -2.34. The van der Waals surface area contributed by atoms with Crippen LogP contribution < -0.4 is 0 Å². The van der Waals surface area contributed by atoms with Gasteiger partial charge in [-0.15, -0.1) is 0 Å². The Morgan fingerprint density at radius 3 is 2.50 bits per heavy atom. The van der Waals surface area contributed by atoms with Gasteiger partial charge in [-0.1, -0.05) is 61.2 Å². The fourth-order valence-corrected chi connectivity index (χ4v) is 4.38. The van der Waals surface area contributed by atoms with Gasteiger partial charge in [0.15, 0.2) is 0 Å². The molecule has 2 aromatic carbocycles. The summed E-state index contributed by atoms with van der Waals surface area (Å²) in [7, 11) is 0. The molecule has 1 aliphatic rings. The quantitative estimate of drug-likeness (QED) is 0.545. The zero-order chi connectivity index (χ0) is 20.9. The number of aryl methyl sites for hydroxylation is 2. The van der Waals surface area contributed by atoms with Crippen molar-refractivity contribution in [2.45, 2.75) is 65.1 Å². The third kappa shape index (κ3) is 4.64. The molecule has 0 N–H and O–H groups in total. The minimum absolute atomic E-state index is 0.118. The van der Waals surface area contributed by atoms with Crippen LogP contribution in [-0.2, 0) is 13.1 Å². The van der Waals surface area contributed by atoms with Crippen molar-refractivity contribution in [2.75, 3.05) is 0 Å². The molecule has 1 aromatic heterocycles. The van der Waals surface area contributed by atoms with E-state index in [0.717, 1.165) is 30.8 Å². The summed E-state index contributed by atoms with van der Waals surface area (Å²) >= 11 is 0. The SMILES string of the molecule is Cc1ccc(C(=O)N(Cc2nccn2Cc2ccccc2C)C2CCCCC2)cc1. The molecule has 1 fully saturated rings. The molecule has 30 heavy (non-hydrogen) atoms. The molecule has 0 spiro atoms. The van der Waals surface area contributed by atoms with Gasteiger partial charge >= 0.3 is 0 Å². The van der Waals surface area contributed by atoms with Crippen LogP contribution in [0.2, 0.25) is 0 Å². The highest BCUT2D eigenvalue weighted by molar-refractivity contribution is 5.94. The van der Waals surface area contributed by atoms with Gasteiger partial charge in [-0.2, -0.15) is 0 Å². The zero-order valence-corrected chi connectivity index (χ0v) is 18.1. The highest BCUT2D eigenvalue weighted by Gasteiger charge is 2.27. The van der Waals surface area contributed by atoms with E-state index in [-0.39, 0.29) is 11.9 Å². The van der Waals surface area contributed by atoms with E-state index in [2.05, 4.69) is 52.6 Å². The van der Waals surface area contributed by atoms with E-state index in [1.54, 1.807) is 0 Å². The number of carbonyl (C=O) groups excluding carboxylic acids is 1. The topological polar surface area (TPSA) is 38.1 Å². The van der Waals surface area contributed by atoms with Crippen molar-refractivity contribution in [3.8, 4) is 0 Å². The van der Waals surface area contributed by atoms with Gasteiger partial charge in [-0.05, 0) is 49.9 Å². The maximum absolute atomic E-state index is 13.5. The highest BCUT2D eigenvalue weighted by Crippen LogP contribution is 2.26. The van der Waals surface area contributed by atoms with Crippen LogP contribution in [0.5, 0.6) is 0 Å². The van der Waals surface area contributed by atoms with Gasteiger partial charge in [0.1, 0.15) is 5.82 Å².